The summed E-state index contributed by atoms with van der Waals surface area (Å²) in [5.41, 5.74) is 0.689. The van der Waals surface area contributed by atoms with Gasteiger partial charge in [-0.1, -0.05) is 17.7 Å². The van der Waals surface area contributed by atoms with Crippen LogP contribution in [0.15, 0.2) is 29.2 Å². The lowest BCUT2D eigenvalue weighted by atomic mass is 10.2. The number of hydrogen-bond acceptors (Lipinski definition) is 4. The highest BCUT2D eigenvalue weighted by molar-refractivity contribution is 7.93. The molecule has 1 aromatic carbocycles. The number of nitriles is 1. The van der Waals surface area contributed by atoms with E-state index in [0.29, 0.717) is 5.56 Å². The molecule has 4 nitrogen and oxygen atoms in total. The predicted molar refractivity (Wildman–Crippen MR) is 58.8 cm³/mol. The fraction of sp³-hybridized carbons (Fsp3) is 0.273. The van der Waals surface area contributed by atoms with Crippen molar-refractivity contribution in [3.63, 3.8) is 0 Å². The van der Waals surface area contributed by atoms with Gasteiger partial charge in [-0.3, -0.25) is 4.79 Å². The first-order valence-corrected chi connectivity index (χ1v) is 6.46. The van der Waals surface area contributed by atoms with E-state index < -0.39 is 31.9 Å². The Labute approximate surface area is 107 Å². The van der Waals surface area contributed by atoms with E-state index in [-0.39, 0.29) is 0 Å². The third-order valence-electron chi connectivity index (χ3n) is 2.29. The first-order valence-electron chi connectivity index (χ1n) is 4.92. The van der Waals surface area contributed by atoms with Crippen LogP contribution in [0.2, 0.25) is 0 Å². The Bertz CT molecular complexity index is 627. The van der Waals surface area contributed by atoms with Gasteiger partial charge in [0.05, 0.1) is 11.0 Å². The molecule has 0 heterocycles. The zero-order valence-corrected chi connectivity index (χ0v) is 10.4. The molecule has 1 aromatic rings. The van der Waals surface area contributed by atoms with Gasteiger partial charge in [0.2, 0.25) is 15.1 Å². The van der Waals surface area contributed by atoms with Crippen LogP contribution >= 0.6 is 0 Å². The number of carbonyl (C=O) groups is 1. The zero-order chi connectivity index (χ0) is 14.8. The first-order chi connectivity index (χ1) is 8.60. The minimum absolute atomic E-state index is 0.498. The number of nitrogens with zero attached hydrogens (tertiary/aromatic N) is 1. The lowest BCUT2D eigenvalue weighted by molar-refractivity contribution is -0.169. The average molecular weight is 291 g/mol. The monoisotopic (exact) mass is 291 g/mol. The molecule has 0 aliphatic carbocycles. The van der Waals surface area contributed by atoms with E-state index in [9.17, 15) is 26.4 Å². The van der Waals surface area contributed by atoms with E-state index >= 15 is 0 Å². The Morgan fingerprint density at radius 3 is 2.11 bits per heavy atom. The molecule has 8 heteroatoms. The fourth-order valence-electron chi connectivity index (χ4n) is 1.28. The van der Waals surface area contributed by atoms with Gasteiger partial charge in [-0.25, -0.2) is 8.42 Å². The molecule has 0 radical (unpaired) electrons. The summed E-state index contributed by atoms with van der Waals surface area (Å²) in [7, 11) is -4.68. The number of Topliss-reactive ketones (excluding diaryl/α,β-unsaturated/α-hetero) is 1. The van der Waals surface area contributed by atoms with Crippen molar-refractivity contribution in [3.05, 3.63) is 29.8 Å². The summed E-state index contributed by atoms with van der Waals surface area (Å²) in [5, 5.41) is 5.78. The van der Waals surface area contributed by atoms with Crippen molar-refractivity contribution in [1.82, 2.24) is 0 Å². The van der Waals surface area contributed by atoms with Crippen LogP contribution in [0.1, 0.15) is 5.56 Å². The molecule has 0 amide bonds. The third kappa shape index (κ3) is 3.12. The van der Waals surface area contributed by atoms with Crippen molar-refractivity contribution in [1.29, 1.82) is 5.26 Å². The molecule has 1 atom stereocenters. The van der Waals surface area contributed by atoms with E-state index in [4.69, 9.17) is 5.26 Å². The van der Waals surface area contributed by atoms with Gasteiger partial charge in [-0.2, -0.15) is 18.4 Å². The molecular formula is C11H8F3NO3S. The summed E-state index contributed by atoms with van der Waals surface area (Å²) in [5.74, 6) is -2.59. The number of halogens is 3. The molecule has 102 valence electrons. The second-order valence-corrected chi connectivity index (χ2v) is 5.76. The summed E-state index contributed by atoms with van der Waals surface area (Å²) in [6.07, 6.45) is -5.38. The van der Waals surface area contributed by atoms with E-state index in [0.717, 1.165) is 18.2 Å². The maximum Gasteiger partial charge on any atom is 0.452 e. The van der Waals surface area contributed by atoms with Crippen molar-refractivity contribution in [2.45, 2.75) is 23.2 Å². The molecule has 0 aliphatic rings. The van der Waals surface area contributed by atoms with E-state index in [1.807, 2.05) is 0 Å². The minimum atomic E-state index is -5.38. The number of alkyl halides is 3. The molecule has 0 bridgehead atoms. The maximum atomic E-state index is 12.2. The normalized spacial score (nSPS) is 13.6. The van der Waals surface area contributed by atoms with Gasteiger partial charge in [0.1, 0.15) is 0 Å². The maximum absolute atomic E-state index is 12.2. The van der Waals surface area contributed by atoms with Crippen LogP contribution in [0.5, 0.6) is 0 Å². The molecule has 1 unspecified atom stereocenters. The highest BCUT2D eigenvalue weighted by Gasteiger charge is 2.49. The SMILES string of the molecule is Cc1ccc(S(=O)(=O)C(C#N)C(=O)C(F)(F)F)cc1. The standard InChI is InChI=1S/C11H8F3NO3S/c1-7-2-4-8(5-3-7)19(17,18)9(6-15)10(16)11(12,13)14/h2-5,9H,1H3. The van der Waals surface area contributed by atoms with E-state index in [1.165, 1.54) is 12.1 Å². The topological polar surface area (TPSA) is 75.0 Å². The summed E-state index contributed by atoms with van der Waals surface area (Å²) in [4.78, 5) is 10.5. The quantitative estimate of drug-likeness (QED) is 0.851. The molecular weight excluding hydrogens is 283 g/mol. The van der Waals surface area contributed by atoms with Crippen molar-refractivity contribution in [2.75, 3.05) is 0 Å². The molecule has 0 saturated heterocycles. The summed E-state index contributed by atoms with van der Waals surface area (Å²) < 4.78 is 60.3. The first kappa shape index (κ1) is 15.2. The number of carbonyl (C=O) groups excluding carboxylic acids is 1. The number of rotatable bonds is 3. The zero-order valence-electron chi connectivity index (χ0n) is 9.60. The van der Waals surface area contributed by atoms with Gasteiger partial charge in [0.15, 0.2) is 0 Å². The Balaban J connectivity index is 3.29. The van der Waals surface area contributed by atoms with E-state index in [1.54, 1.807) is 6.92 Å². The van der Waals surface area contributed by atoms with Crippen LogP contribution in [0.25, 0.3) is 0 Å². The molecule has 0 saturated carbocycles. The van der Waals surface area contributed by atoms with Crippen molar-refractivity contribution >= 4 is 15.6 Å². The lowest BCUT2D eigenvalue weighted by Crippen LogP contribution is -2.38. The number of aryl methyl sites for hydroxylation is 1. The molecule has 0 aliphatic heterocycles. The highest BCUT2D eigenvalue weighted by Crippen LogP contribution is 2.25. The molecule has 0 aromatic heterocycles. The van der Waals surface area contributed by atoms with Crippen molar-refractivity contribution in [2.24, 2.45) is 0 Å². The summed E-state index contributed by atoms with van der Waals surface area (Å²) >= 11 is 0. The summed E-state index contributed by atoms with van der Waals surface area (Å²) in [6.45, 7) is 1.65. The van der Waals surface area contributed by atoms with Crippen LogP contribution in [-0.4, -0.2) is 25.6 Å². The Morgan fingerprint density at radius 1 is 1.26 bits per heavy atom. The van der Waals surface area contributed by atoms with Crippen LogP contribution in [-0.2, 0) is 14.6 Å². The predicted octanol–water partition coefficient (Wildman–Crippen LogP) is 1.79. The fourth-order valence-corrected chi connectivity index (χ4v) is 2.62. The highest BCUT2D eigenvalue weighted by atomic mass is 32.2. The Hall–Kier alpha value is -1.88. The second kappa shape index (κ2) is 5.01. The van der Waals surface area contributed by atoms with E-state index in [2.05, 4.69) is 0 Å². The Kier molecular flexibility index (Phi) is 4.00. The molecule has 0 N–H and O–H groups in total. The van der Waals surface area contributed by atoms with Crippen molar-refractivity contribution in [3.8, 4) is 6.07 Å². The average Bonchev–Trinajstić information content (AvgIpc) is 2.28. The van der Waals surface area contributed by atoms with Crippen molar-refractivity contribution < 1.29 is 26.4 Å². The van der Waals surface area contributed by atoms with Gasteiger partial charge in [-0.05, 0) is 19.1 Å². The molecule has 19 heavy (non-hydrogen) atoms. The van der Waals surface area contributed by atoms with Gasteiger partial charge in [-0.15, -0.1) is 0 Å². The number of hydrogen-bond donors (Lipinski definition) is 0. The van der Waals surface area contributed by atoms with Gasteiger partial charge in [0, 0.05) is 0 Å². The van der Waals surface area contributed by atoms with Gasteiger partial charge < -0.3 is 0 Å². The lowest BCUT2D eigenvalue weighted by Gasteiger charge is -2.12. The van der Waals surface area contributed by atoms with Crippen LogP contribution in [0.3, 0.4) is 0 Å². The smallest absolute Gasteiger partial charge is 0.287 e. The largest absolute Gasteiger partial charge is 0.452 e. The van der Waals surface area contributed by atoms with Gasteiger partial charge >= 0.3 is 6.18 Å². The molecule has 1 rings (SSSR count). The summed E-state index contributed by atoms with van der Waals surface area (Å²) in [6, 6.07) is 5.73. The number of sulfone groups is 1. The minimum Gasteiger partial charge on any atom is -0.287 e. The third-order valence-corrected chi connectivity index (χ3v) is 4.16. The Morgan fingerprint density at radius 2 is 1.74 bits per heavy atom. The van der Waals surface area contributed by atoms with Gasteiger partial charge in [0.25, 0.3) is 5.78 Å². The van der Waals surface area contributed by atoms with Crippen LogP contribution < -0.4 is 0 Å². The van der Waals surface area contributed by atoms with Crippen LogP contribution in [0, 0.1) is 18.3 Å². The second-order valence-electron chi connectivity index (χ2n) is 3.73. The number of benzene rings is 1. The number of ketones is 1. The molecule has 0 spiro atoms. The van der Waals surface area contributed by atoms with Crippen LogP contribution in [0.4, 0.5) is 13.2 Å². The molecule has 0 fully saturated rings.